The fourth-order valence-electron chi connectivity index (χ4n) is 3.39. The van der Waals surface area contributed by atoms with Gasteiger partial charge in [-0.05, 0) is 38.1 Å². The lowest BCUT2D eigenvalue weighted by atomic mass is 10.1. The minimum Gasteiger partial charge on any atom is -0.452 e. The van der Waals surface area contributed by atoms with Crippen molar-refractivity contribution in [3.05, 3.63) is 78.0 Å². The number of nitrogens with one attached hydrogen (secondary N) is 1. The van der Waals surface area contributed by atoms with Gasteiger partial charge in [-0.25, -0.2) is 14.5 Å². The number of rotatable bonds is 6. The maximum Gasteiger partial charge on any atom is 0.339 e. The summed E-state index contributed by atoms with van der Waals surface area (Å²) in [6, 6.07) is 19.7. The third-order valence-corrected chi connectivity index (χ3v) is 4.96. The van der Waals surface area contributed by atoms with Gasteiger partial charge < -0.3 is 10.1 Å². The number of ether oxygens (including phenoxy) is 1. The molecule has 0 saturated carbocycles. The van der Waals surface area contributed by atoms with Crippen LogP contribution >= 0.6 is 0 Å². The Morgan fingerprint density at radius 2 is 1.91 bits per heavy atom. The molecular formula is C25H21N5O3. The number of benzene rings is 2. The maximum absolute atomic E-state index is 13.0. The summed E-state index contributed by atoms with van der Waals surface area (Å²) in [5.41, 5.74) is 3.17. The molecule has 1 N–H and O–H groups in total. The minimum atomic E-state index is -0.649. The summed E-state index contributed by atoms with van der Waals surface area (Å²) in [4.78, 5) is 30.0. The average molecular weight is 439 g/mol. The van der Waals surface area contributed by atoms with Gasteiger partial charge in [-0.15, -0.1) is 0 Å². The molecule has 2 aromatic carbocycles. The van der Waals surface area contributed by atoms with Crippen LogP contribution in [0.25, 0.3) is 22.3 Å². The number of pyridine rings is 1. The van der Waals surface area contributed by atoms with Crippen molar-refractivity contribution in [2.24, 2.45) is 0 Å². The molecule has 0 aliphatic rings. The van der Waals surface area contributed by atoms with Crippen LogP contribution in [-0.4, -0.2) is 33.2 Å². The van der Waals surface area contributed by atoms with Crippen molar-refractivity contribution >= 4 is 28.6 Å². The zero-order valence-electron chi connectivity index (χ0n) is 18.1. The van der Waals surface area contributed by atoms with Gasteiger partial charge in [0, 0.05) is 17.3 Å². The van der Waals surface area contributed by atoms with Gasteiger partial charge in [-0.3, -0.25) is 4.79 Å². The number of aromatic nitrogens is 3. The van der Waals surface area contributed by atoms with Crippen LogP contribution in [0.1, 0.15) is 35.8 Å². The zero-order chi connectivity index (χ0) is 23.4. The molecule has 164 valence electrons. The highest BCUT2D eigenvalue weighted by Gasteiger charge is 2.20. The molecule has 0 aliphatic heterocycles. The molecule has 0 saturated heterocycles. The Bertz CT molecular complexity index is 1370. The van der Waals surface area contributed by atoms with Gasteiger partial charge in [0.25, 0.3) is 5.91 Å². The van der Waals surface area contributed by atoms with Gasteiger partial charge >= 0.3 is 5.97 Å². The molecule has 8 heteroatoms. The number of nitrogens with zero attached hydrogens (tertiary/aromatic N) is 4. The molecule has 2 heterocycles. The topological polar surface area (TPSA) is 110 Å². The van der Waals surface area contributed by atoms with Crippen LogP contribution in [-0.2, 0) is 9.53 Å². The maximum atomic E-state index is 13.0. The van der Waals surface area contributed by atoms with E-state index in [9.17, 15) is 9.59 Å². The van der Waals surface area contributed by atoms with Crippen LogP contribution in [0.15, 0.2) is 66.9 Å². The van der Waals surface area contributed by atoms with Crippen LogP contribution in [0.3, 0.4) is 0 Å². The van der Waals surface area contributed by atoms with Crippen LogP contribution in [0.4, 0.5) is 5.69 Å². The van der Waals surface area contributed by atoms with Crippen LogP contribution in [0.2, 0.25) is 0 Å². The van der Waals surface area contributed by atoms with E-state index in [1.807, 2.05) is 50.2 Å². The molecule has 0 spiro atoms. The molecule has 0 atom stereocenters. The van der Waals surface area contributed by atoms with E-state index >= 15 is 0 Å². The van der Waals surface area contributed by atoms with Crippen LogP contribution in [0.5, 0.6) is 0 Å². The van der Waals surface area contributed by atoms with Crippen molar-refractivity contribution < 1.29 is 14.3 Å². The summed E-state index contributed by atoms with van der Waals surface area (Å²) in [6.07, 6.45) is 1.58. The molecule has 0 fully saturated rings. The second kappa shape index (κ2) is 9.32. The van der Waals surface area contributed by atoms with E-state index in [0.717, 1.165) is 5.56 Å². The van der Waals surface area contributed by atoms with Crippen molar-refractivity contribution in [1.29, 1.82) is 5.26 Å². The Balaban J connectivity index is 1.59. The van der Waals surface area contributed by atoms with Gasteiger partial charge in [0.1, 0.15) is 0 Å². The van der Waals surface area contributed by atoms with Gasteiger partial charge in [0.05, 0.1) is 34.5 Å². The molecule has 4 rings (SSSR count). The smallest absolute Gasteiger partial charge is 0.339 e. The molecule has 0 aliphatic carbocycles. The van der Waals surface area contributed by atoms with E-state index in [-0.39, 0.29) is 11.6 Å². The summed E-state index contributed by atoms with van der Waals surface area (Å²) in [5.74, 6) is -1.16. The molecule has 2 aromatic heterocycles. The number of anilines is 1. The lowest BCUT2D eigenvalue weighted by molar-refractivity contribution is -0.119. The molecule has 0 radical (unpaired) electrons. The van der Waals surface area contributed by atoms with E-state index < -0.39 is 18.5 Å². The fraction of sp³-hybridized carbons (Fsp3) is 0.160. The lowest BCUT2D eigenvalue weighted by Gasteiger charge is -2.11. The average Bonchev–Trinajstić information content (AvgIpc) is 3.27. The Kier molecular flexibility index (Phi) is 6.13. The van der Waals surface area contributed by atoms with E-state index in [1.165, 1.54) is 0 Å². The first-order valence-corrected chi connectivity index (χ1v) is 10.4. The predicted molar refractivity (Wildman–Crippen MR) is 123 cm³/mol. The van der Waals surface area contributed by atoms with Gasteiger partial charge in [-0.2, -0.15) is 10.4 Å². The first-order chi connectivity index (χ1) is 16.0. The largest absolute Gasteiger partial charge is 0.452 e. The summed E-state index contributed by atoms with van der Waals surface area (Å²) >= 11 is 0. The number of amides is 1. The normalized spacial score (nSPS) is 10.7. The fourth-order valence-corrected chi connectivity index (χ4v) is 3.39. The monoisotopic (exact) mass is 439 g/mol. The second-order valence-corrected chi connectivity index (χ2v) is 7.66. The molecule has 1 amide bonds. The van der Waals surface area contributed by atoms with Crippen molar-refractivity contribution in [2.45, 2.75) is 19.9 Å². The number of hydrogen-bond acceptors (Lipinski definition) is 6. The lowest BCUT2D eigenvalue weighted by Crippen LogP contribution is -2.21. The van der Waals surface area contributed by atoms with Crippen molar-refractivity contribution in [2.75, 3.05) is 11.9 Å². The number of hydrogen-bond donors (Lipinski definition) is 1. The summed E-state index contributed by atoms with van der Waals surface area (Å²) in [7, 11) is 0. The standard InChI is InChI=1S/C25H21N5O3/c1-16(2)30-24-21(14-27-30)20(12-22(29-24)18-8-4-3-5-9-18)25(32)33-15-23(31)28-19-10-6-7-17(11-19)13-26/h3-12,14,16H,15H2,1-2H3,(H,28,31). The SMILES string of the molecule is CC(C)n1ncc2c(C(=O)OCC(=O)Nc3cccc(C#N)c3)cc(-c3ccccc3)nc21. The van der Waals surface area contributed by atoms with Crippen molar-refractivity contribution in [3.8, 4) is 17.3 Å². The number of carbonyl (C=O) groups excluding carboxylic acids is 2. The zero-order valence-corrected chi connectivity index (χ0v) is 18.1. The second-order valence-electron chi connectivity index (χ2n) is 7.66. The Morgan fingerprint density at radius 1 is 1.12 bits per heavy atom. The summed E-state index contributed by atoms with van der Waals surface area (Å²) in [6.45, 7) is 3.48. The van der Waals surface area contributed by atoms with Gasteiger partial charge in [0.15, 0.2) is 12.3 Å². The third-order valence-electron chi connectivity index (χ3n) is 4.96. The number of fused-ring (bicyclic) bond motifs is 1. The minimum absolute atomic E-state index is 0.0415. The highest BCUT2D eigenvalue weighted by atomic mass is 16.5. The van der Waals surface area contributed by atoms with Crippen molar-refractivity contribution in [3.63, 3.8) is 0 Å². The summed E-state index contributed by atoms with van der Waals surface area (Å²) in [5, 5.41) is 16.5. The molecule has 4 aromatic rings. The molecular weight excluding hydrogens is 418 g/mol. The van der Waals surface area contributed by atoms with E-state index in [0.29, 0.717) is 28.0 Å². The Labute approximate surface area is 190 Å². The molecule has 0 unspecified atom stereocenters. The predicted octanol–water partition coefficient (Wildman–Crippen LogP) is 4.35. The third kappa shape index (κ3) is 4.72. The quantitative estimate of drug-likeness (QED) is 0.447. The van der Waals surface area contributed by atoms with Crippen LogP contribution in [0, 0.1) is 11.3 Å². The highest BCUT2D eigenvalue weighted by Crippen LogP contribution is 2.26. The Hall–Kier alpha value is -4.51. The molecule has 33 heavy (non-hydrogen) atoms. The highest BCUT2D eigenvalue weighted by molar-refractivity contribution is 6.04. The van der Waals surface area contributed by atoms with E-state index in [2.05, 4.69) is 10.4 Å². The number of esters is 1. The Morgan fingerprint density at radius 3 is 2.64 bits per heavy atom. The van der Waals surface area contributed by atoms with Crippen LogP contribution < -0.4 is 5.32 Å². The van der Waals surface area contributed by atoms with Crippen molar-refractivity contribution in [1.82, 2.24) is 14.8 Å². The summed E-state index contributed by atoms with van der Waals surface area (Å²) < 4.78 is 7.05. The van der Waals surface area contributed by atoms with Gasteiger partial charge in [-0.1, -0.05) is 36.4 Å². The number of nitriles is 1. The van der Waals surface area contributed by atoms with Gasteiger partial charge in [0.2, 0.25) is 0 Å². The van der Waals surface area contributed by atoms with E-state index in [1.54, 1.807) is 41.2 Å². The first-order valence-electron chi connectivity index (χ1n) is 10.4. The molecule has 0 bridgehead atoms. The first kappa shape index (κ1) is 21.7. The number of carbonyl (C=O) groups is 2. The molecule has 8 nitrogen and oxygen atoms in total. The van der Waals surface area contributed by atoms with E-state index in [4.69, 9.17) is 15.0 Å².